The predicted octanol–water partition coefficient (Wildman–Crippen LogP) is 3.86. The van der Waals surface area contributed by atoms with E-state index in [9.17, 15) is 14.9 Å². The van der Waals surface area contributed by atoms with Crippen LogP contribution in [0.5, 0.6) is 5.75 Å². The van der Waals surface area contributed by atoms with Crippen molar-refractivity contribution in [1.29, 1.82) is 0 Å². The van der Waals surface area contributed by atoms with E-state index in [0.717, 1.165) is 6.42 Å². The fraction of sp³-hybridized carbons (Fsp3) is 0.381. The molecule has 1 saturated heterocycles. The Hall–Kier alpha value is -3.13. The van der Waals surface area contributed by atoms with Gasteiger partial charge in [0.15, 0.2) is 0 Å². The van der Waals surface area contributed by atoms with Crippen LogP contribution in [0.15, 0.2) is 42.5 Å². The van der Waals surface area contributed by atoms with Crippen LogP contribution in [0, 0.1) is 10.1 Å². The zero-order chi connectivity index (χ0) is 20.8. The van der Waals surface area contributed by atoms with Gasteiger partial charge in [-0.3, -0.25) is 14.9 Å². The molecule has 0 bridgehead atoms. The largest absolute Gasteiger partial charge is 0.491 e. The molecule has 0 spiro atoms. The minimum atomic E-state index is -0.439. The lowest BCUT2D eigenvalue weighted by molar-refractivity contribution is -0.384. The highest BCUT2D eigenvalue weighted by Gasteiger charge is 2.20. The van der Waals surface area contributed by atoms with Gasteiger partial charge in [0.1, 0.15) is 5.75 Å². The van der Waals surface area contributed by atoms with Crippen LogP contribution in [0.3, 0.4) is 0 Å². The monoisotopic (exact) mass is 399 g/mol. The van der Waals surface area contributed by atoms with E-state index in [0.29, 0.717) is 49.0 Å². The van der Waals surface area contributed by atoms with Gasteiger partial charge in [0.25, 0.3) is 11.6 Å². The highest BCUT2D eigenvalue weighted by molar-refractivity contribution is 6.06. The molecule has 0 aromatic heterocycles. The number of morpholine rings is 1. The van der Waals surface area contributed by atoms with E-state index in [1.54, 1.807) is 30.3 Å². The minimum Gasteiger partial charge on any atom is -0.491 e. The van der Waals surface area contributed by atoms with Crippen molar-refractivity contribution < 1.29 is 19.2 Å². The maximum atomic E-state index is 12.7. The summed E-state index contributed by atoms with van der Waals surface area (Å²) in [5.41, 5.74) is 1.61. The summed E-state index contributed by atoms with van der Waals surface area (Å²) in [5, 5.41) is 14.1. The second-order valence-electron chi connectivity index (χ2n) is 6.87. The summed E-state index contributed by atoms with van der Waals surface area (Å²) < 4.78 is 11.1. The van der Waals surface area contributed by atoms with Gasteiger partial charge < -0.3 is 19.7 Å². The number of carbonyl (C=O) groups is 1. The molecule has 1 aliphatic heterocycles. The molecule has 1 atom stereocenters. The molecule has 0 unspecified atom stereocenters. The molecule has 29 heavy (non-hydrogen) atoms. The van der Waals surface area contributed by atoms with Gasteiger partial charge in [-0.05, 0) is 43.7 Å². The second kappa shape index (κ2) is 9.38. The Morgan fingerprint density at radius 1 is 1.24 bits per heavy atom. The third-order valence-electron chi connectivity index (χ3n) is 4.82. The zero-order valence-electron chi connectivity index (χ0n) is 16.6. The average Bonchev–Trinajstić information content (AvgIpc) is 2.74. The molecule has 8 heteroatoms. The van der Waals surface area contributed by atoms with E-state index < -0.39 is 4.92 Å². The van der Waals surface area contributed by atoms with E-state index in [1.165, 1.54) is 12.1 Å². The molecule has 1 amide bonds. The van der Waals surface area contributed by atoms with E-state index in [-0.39, 0.29) is 17.7 Å². The standard InChI is InChI=1S/C21H25N3O5/c1-3-15(2)29-18-7-4-16(5-8-18)21(25)22-19-9-6-17(24(26)27)14-20(19)23-10-12-28-13-11-23/h4-9,14-15H,3,10-13H2,1-2H3,(H,22,25)/t15-/m0/s1. The highest BCUT2D eigenvalue weighted by atomic mass is 16.6. The van der Waals surface area contributed by atoms with E-state index >= 15 is 0 Å². The van der Waals surface area contributed by atoms with Gasteiger partial charge in [0.2, 0.25) is 0 Å². The number of nitrogens with one attached hydrogen (secondary N) is 1. The van der Waals surface area contributed by atoms with E-state index in [4.69, 9.17) is 9.47 Å². The Morgan fingerprint density at radius 2 is 1.93 bits per heavy atom. The van der Waals surface area contributed by atoms with Gasteiger partial charge in [0.05, 0.1) is 35.6 Å². The molecule has 3 rings (SSSR count). The van der Waals surface area contributed by atoms with Gasteiger partial charge >= 0.3 is 0 Å². The lowest BCUT2D eigenvalue weighted by atomic mass is 10.1. The van der Waals surface area contributed by atoms with Gasteiger partial charge in [-0.1, -0.05) is 6.92 Å². The van der Waals surface area contributed by atoms with Gasteiger partial charge in [-0.25, -0.2) is 0 Å². The van der Waals surface area contributed by atoms with Crippen molar-refractivity contribution in [3.63, 3.8) is 0 Å². The van der Waals surface area contributed by atoms with Crippen LogP contribution >= 0.6 is 0 Å². The van der Waals surface area contributed by atoms with Crippen LogP contribution in [0.4, 0.5) is 17.1 Å². The number of nitro groups is 1. The van der Waals surface area contributed by atoms with Crippen molar-refractivity contribution in [2.45, 2.75) is 26.4 Å². The van der Waals surface area contributed by atoms with E-state index in [1.807, 2.05) is 18.7 Å². The van der Waals surface area contributed by atoms with Crippen molar-refractivity contribution in [3.8, 4) is 5.75 Å². The SMILES string of the molecule is CC[C@H](C)Oc1ccc(C(=O)Nc2ccc([N+](=O)[O-])cc2N2CCOCC2)cc1. The predicted molar refractivity (Wildman–Crippen MR) is 111 cm³/mol. The first-order valence-electron chi connectivity index (χ1n) is 9.67. The molecule has 1 fully saturated rings. The second-order valence-corrected chi connectivity index (χ2v) is 6.87. The maximum absolute atomic E-state index is 12.7. The number of nitrogens with zero attached hydrogens (tertiary/aromatic N) is 2. The van der Waals surface area contributed by atoms with Crippen LogP contribution in [-0.4, -0.2) is 43.2 Å². The van der Waals surface area contributed by atoms with Crippen molar-refractivity contribution in [2.75, 3.05) is 36.5 Å². The molecule has 2 aromatic carbocycles. The Bertz CT molecular complexity index is 863. The first kappa shape index (κ1) is 20.6. The third kappa shape index (κ3) is 5.23. The number of anilines is 2. The molecule has 1 aliphatic rings. The Kier molecular flexibility index (Phi) is 6.66. The number of non-ortho nitro benzene ring substituents is 1. The van der Waals surface area contributed by atoms with E-state index in [2.05, 4.69) is 5.32 Å². The first-order valence-corrected chi connectivity index (χ1v) is 9.67. The summed E-state index contributed by atoms with van der Waals surface area (Å²) >= 11 is 0. The van der Waals surface area contributed by atoms with Crippen LogP contribution in [0.2, 0.25) is 0 Å². The molecule has 154 valence electrons. The van der Waals surface area contributed by atoms with Crippen LogP contribution in [0.1, 0.15) is 30.6 Å². The summed E-state index contributed by atoms with van der Waals surface area (Å²) in [6.45, 7) is 6.31. The molecule has 2 aromatic rings. The van der Waals surface area contributed by atoms with Crippen molar-refractivity contribution in [2.24, 2.45) is 0 Å². The highest BCUT2D eigenvalue weighted by Crippen LogP contribution is 2.31. The lowest BCUT2D eigenvalue weighted by Gasteiger charge is -2.30. The first-order chi connectivity index (χ1) is 14.0. The molecule has 1 heterocycles. The number of hydrogen-bond acceptors (Lipinski definition) is 6. The van der Waals surface area contributed by atoms with Crippen molar-refractivity contribution in [1.82, 2.24) is 0 Å². The summed E-state index contributed by atoms with van der Waals surface area (Å²) in [4.78, 5) is 25.5. The minimum absolute atomic E-state index is 0.0176. The Morgan fingerprint density at radius 3 is 2.55 bits per heavy atom. The summed E-state index contributed by atoms with van der Waals surface area (Å²) in [6, 6.07) is 11.4. The quantitative estimate of drug-likeness (QED) is 0.561. The fourth-order valence-electron chi connectivity index (χ4n) is 3.00. The number of hydrogen-bond donors (Lipinski definition) is 1. The Labute approximate surface area is 169 Å². The fourth-order valence-corrected chi connectivity index (χ4v) is 3.00. The topological polar surface area (TPSA) is 93.9 Å². The molecule has 8 nitrogen and oxygen atoms in total. The van der Waals surface area contributed by atoms with Crippen LogP contribution < -0.4 is 15.0 Å². The Balaban J connectivity index is 1.79. The van der Waals surface area contributed by atoms with Crippen LogP contribution in [-0.2, 0) is 4.74 Å². The molecule has 0 saturated carbocycles. The number of nitro benzene ring substituents is 1. The number of carbonyl (C=O) groups excluding carboxylic acids is 1. The van der Waals surface area contributed by atoms with Gasteiger partial charge in [0, 0.05) is 30.8 Å². The molecule has 0 radical (unpaired) electrons. The van der Waals surface area contributed by atoms with Crippen LogP contribution in [0.25, 0.3) is 0 Å². The number of ether oxygens (including phenoxy) is 2. The summed E-state index contributed by atoms with van der Waals surface area (Å²) in [6.07, 6.45) is 0.998. The smallest absolute Gasteiger partial charge is 0.271 e. The van der Waals surface area contributed by atoms with Gasteiger partial charge in [-0.2, -0.15) is 0 Å². The number of amides is 1. The number of benzene rings is 2. The summed E-state index contributed by atoms with van der Waals surface area (Å²) in [5.74, 6) is 0.420. The van der Waals surface area contributed by atoms with Crippen molar-refractivity contribution in [3.05, 3.63) is 58.1 Å². The lowest BCUT2D eigenvalue weighted by Crippen LogP contribution is -2.36. The summed E-state index contributed by atoms with van der Waals surface area (Å²) in [7, 11) is 0. The van der Waals surface area contributed by atoms with Gasteiger partial charge in [-0.15, -0.1) is 0 Å². The molecular weight excluding hydrogens is 374 g/mol. The van der Waals surface area contributed by atoms with Crippen molar-refractivity contribution >= 4 is 23.0 Å². The maximum Gasteiger partial charge on any atom is 0.271 e. The molecular formula is C21H25N3O5. The molecule has 1 N–H and O–H groups in total. The zero-order valence-corrected chi connectivity index (χ0v) is 16.6. The molecule has 0 aliphatic carbocycles. The normalized spacial score (nSPS) is 14.9. The average molecular weight is 399 g/mol. The number of rotatable bonds is 7. The third-order valence-corrected chi connectivity index (χ3v) is 4.82.